The van der Waals surface area contributed by atoms with Crippen molar-refractivity contribution in [3.63, 3.8) is 0 Å². The Morgan fingerprint density at radius 1 is 1.42 bits per heavy atom. The summed E-state index contributed by atoms with van der Waals surface area (Å²) in [4.78, 5) is 12.9. The maximum atomic E-state index is 12.1. The van der Waals surface area contributed by atoms with Gasteiger partial charge >= 0.3 is 0 Å². The number of nitrogen functional groups attached to an aromatic ring is 2. The number of halogens is 2. The normalized spacial score (nSPS) is 10.6. The number of aromatic amines is 1. The van der Waals surface area contributed by atoms with E-state index in [2.05, 4.69) is 4.98 Å². The third-order valence-corrected chi connectivity index (χ3v) is 1.34. The highest BCUT2D eigenvalue weighted by molar-refractivity contribution is 5.48. The van der Waals surface area contributed by atoms with Gasteiger partial charge in [0.05, 0.1) is 0 Å². The van der Waals surface area contributed by atoms with Crippen molar-refractivity contribution in [2.24, 2.45) is 0 Å². The van der Waals surface area contributed by atoms with Crippen LogP contribution in [0.3, 0.4) is 0 Å². The Labute approximate surface area is 66.2 Å². The molecule has 0 fully saturated rings. The third-order valence-electron chi connectivity index (χ3n) is 1.34. The second kappa shape index (κ2) is 2.80. The number of H-pyrrole nitrogens is 1. The van der Waals surface area contributed by atoms with Crippen LogP contribution in [0, 0.1) is 0 Å². The molecule has 0 spiro atoms. The summed E-state index contributed by atoms with van der Waals surface area (Å²) in [7, 11) is 0. The molecular weight excluding hydrogens is 168 g/mol. The molecular formula is C6H7F2N3O. The van der Waals surface area contributed by atoms with Gasteiger partial charge in [-0.15, -0.1) is 0 Å². The molecule has 0 amide bonds. The summed E-state index contributed by atoms with van der Waals surface area (Å²) >= 11 is 0. The van der Waals surface area contributed by atoms with Crippen molar-refractivity contribution in [3.8, 4) is 0 Å². The molecule has 1 aromatic heterocycles. The monoisotopic (exact) mass is 175 g/mol. The van der Waals surface area contributed by atoms with E-state index < -0.39 is 23.2 Å². The standard InChI is InChI=1S/C6H7F2N3O/c7-6(8)5-4(10)2(12)1-3(9)11-5/h1,6H,10H2,(H3,9,11,12). The molecule has 0 atom stereocenters. The van der Waals surface area contributed by atoms with Gasteiger partial charge in [-0.3, -0.25) is 4.79 Å². The first-order valence-electron chi connectivity index (χ1n) is 3.08. The number of pyridine rings is 1. The Bertz CT molecular complexity index is 347. The van der Waals surface area contributed by atoms with Gasteiger partial charge in [0.1, 0.15) is 17.2 Å². The number of rotatable bonds is 1. The van der Waals surface area contributed by atoms with Crippen LogP contribution in [0.5, 0.6) is 0 Å². The van der Waals surface area contributed by atoms with Crippen molar-refractivity contribution in [1.82, 2.24) is 4.98 Å². The molecule has 1 aromatic rings. The molecule has 6 heteroatoms. The summed E-state index contributed by atoms with van der Waals surface area (Å²) < 4.78 is 24.2. The number of nitrogens with two attached hydrogens (primary N) is 2. The lowest BCUT2D eigenvalue weighted by Crippen LogP contribution is -2.14. The highest BCUT2D eigenvalue weighted by Gasteiger charge is 2.14. The molecule has 4 nitrogen and oxygen atoms in total. The number of aromatic nitrogens is 1. The average molecular weight is 175 g/mol. The van der Waals surface area contributed by atoms with Crippen molar-refractivity contribution >= 4 is 11.5 Å². The van der Waals surface area contributed by atoms with Gasteiger partial charge in [0.25, 0.3) is 6.43 Å². The van der Waals surface area contributed by atoms with E-state index in [4.69, 9.17) is 11.5 Å². The molecule has 0 aromatic carbocycles. The minimum Gasteiger partial charge on any atom is -0.394 e. The molecule has 0 saturated carbocycles. The summed E-state index contributed by atoms with van der Waals surface area (Å²) in [6.07, 6.45) is -2.82. The number of alkyl halides is 2. The van der Waals surface area contributed by atoms with Crippen molar-refractivity contribution in [2.45, 2.75) is 6.43 Å². The molecule has 5 N–H and O–H groups in total. The molecule has 0 aliphatic carbocycles. The first-order valence-corrected chi connectivity index (χ1v) is 3.08. The summed E-state index contributed by atoms with van der Waals surface area (Å²) in [5, 5.41) is 0. The number of hydrogen-bond acceptors (Lipinski definition) is 3. The van der Waals surface area contributed by atoms with Crippen LogP contribution < -0.4 is 16.9 Å². The largest absolute Gasteiger partial charge is 0.394 e. The Morgan fingerprint density at radius 3 is 2.50 bits per heavy atom. The Balaban J connectivity index is 3.38. The van der Waals surface area contributed by atoms with Crippen molar-refractivity contribution < 1.29 is 8.78 Å². The summed E-state index contributed by atoms with van der Waals surface area (Å²) in [6.45, 7) is 0. The fraction of sp³-hybridized carbons (Fsp3) is 0.167. The maximum absolute atomic E-state index is 12.1. The quantitative estimate of drug-likeness (QED) is 0.580. The second-order valence-electron chi connectivity index (χ2n) is 2.22. The molecule has 0 aliphatic heterocycles. The number of nitrogens with one attached hydrogen (secondary N) is 1. The van der Waals surface area contributed by atoms with Crippen molar-refractivity contribution in [3.05, 3.63) is 22.0 Å². The third kappa shape index (κ3) is 1.36. The number of hydrogen-bond donors (Lipinski definition) is 3. The van der Waals surface area contributed by atoms with E-state index in [9.17, 15) is 13.6 Å². The van der Waals surface area contributed by atoms with Gasteiger partial charge in [0.15, 0.2) is 0 Å². The zero-order valence-electron chi connectivity index (χ0n) is 5.97. The lowest BCUT2D eigenvalue weighted by atomic mass is 10.3. The SMILES string of the molecule is Nc1cc(=O)c(N)c(C(F)F)[nH]1. The minimum atomic E-state index is -2.82. The van der Waals surface area contributed by atoms with E-state index >= 15 is 0 Å². The summed E-state index contributed by atoms with van der Waals surface area (Å²) in [5.74, 6) is -0.121. The van der Waals surface area contributed by atoms with Crippen molar-refractivity contribution in [2.75, 3.05) is 11.5 Å². The zero-order chi connectivity index (χ0) is 9.30. The molecule has 0 radical (unpaired) electrons. The highest BCUT2D eigenvalue weighted by atomic mass is 19.3. The first-order chi connectivity index (χ1) is 5.52. The molecule has 0 saturated heterocycles. The minimum absolute atomic E-state index is 0.121. The smallest absolute Gasteiger partial charge is 0.280 e. The van der Waals surface area contributed by atoms with E-state index in [1.165, 1.54) is 0 Å². The number of anilines is 2. The predicted molar refractivity (Wildman–Crippen MR) is 40.8 cm³/mol. The molecule has 66 valence electrons. The van der Waals surface area contributed by atoms with Crippen LogP contribution in [0.4, 0.5) is 20.3 Å². The van der Waals surface area contributed by atoms with Gasteiger partial charge in [-0.05, 0) is 0 Å². The van der Waals surface area contributed by atoms with E-state index in [1.807, 2.05) is 0 Å². The van der Waals surface area contributed by atoms with Crippen LogP contribution >= 0.6 is 0 Å². The molecule has 1 heterocycles. The van der Waals surface area contributed by atoms with Crippen LogP contribution in [0.2, 0.25) is 0 Å². The Hall–Kier alpha value is -1.59. The average Bonchev–Trinajstić information content (AvgIpc) is 1.96. The molecule has 0 unspecified atom stereocenters. The first kappa shape index (κ1) is 8.51. The van der Waals surface area contributed by atoms with Crippen molar-refractivity contribution in [1.29, 1.82) is 0 Å². The van der Waals surface area contributed by atoms with Gasteiger partial charge in [0.2, 0.25) is 5.43 Å². The van der Waals surface area contributed by atoms with E-state index in [0.29, 0.717) is 0 Å². The molecule has 0 aliphatic rings. The molecule has 1 rings (SSSR count). The van der Waals surface area contributed by atoms with Crippen LogP contribution in [-0.4, -0.2) is 4.98 Å². The fourth-order valence-electron chi connectivity index (χ4n) is 0.783. The van der Waals surface area contributed by atoms with E-state index in [1.54, 1.807) is 0 Å². The summed E-state index contributed by atoms with van der Waals surface area (Å²) in [6, 6.07) is 0.960. The Kier molecular flexibility index (Phi) is 1.99. The van der Waals surface area contributed by atoms with E-state index in [-0.39, 0.29) is 5.82 Å². The topological polar surface area (TPSA) is 84.9 Å². The van der Waals surface area contributed by atoms with Crippen LogP contribution in [0.15, 0.2) is 10.9 Å². The van der Waals surface area contributed by atoms with Gasteiger partial charge in [-0.2, -0.15) is 0 Å². The van der Waals surface area contributed by atoms with Crippen LogP contribution in [0.1, 0.15) is 12.1 Å². The lowest BCUT2D eigenvalue weighted by Gasteiger charge is -2.04. The second-order valence-corrected chi connectivity index (χ2v) is 2.22. The molecule has 0 bridgehead atoms. The predicted octanol–water partition coefficient (Wildman–Crippen LogP) is 0.477. The summed E-state index contributed by atoms with van der Waals surface area (Å²) in [5.41, 5.74) is 8.39. The van der Waals surface area contributed by atoms with Gasteiger partial charge < -0.3 is 16.5 Å². The highest BCUT2D eigenvalue weighted by Crippen LogP contribution is 2.20. The fourth-order valence-corrected chi connectivity index (χ4v) is 0.783. The Morgan fingerprint density at radius 2 is 2.00 bits per heavy atom. The van der Waals surface area contributed by atoms with Gasteiger partial charge in [-0.25, -0.2) is 8.78 Å². The maximum Gasteiger partial charge on any atom is 0.280 e. The van der Waals surface area contributed by atoms with Gasteiger partial charge in [0, 0.05) is 6.07 Å². The zero-order valence-corrected chi connectivity index (χ0v) is 5.97. The van der Waals surface area contributed by atoms with Crippen LogP contribution in [-0.2, 0) is 0 Å². The van der Waals surface area contributed by atoms with E-state index in [0.717, 1.165) is 6.07 Å². The van der Waals surface area contributed by atoms with Crippen LogP contribution in [0.25, 0.3) is 0 Å². The van der Waals surface area contributed by atoms with Gasteiger partial charge in [-0.1, -0.05) is 0 Å². The lowest BCUT2D eigenvalue weighted by molar-refractivity contribution is 0.147. The molecule has 12 heavy (non-hydrogen) atoms.